The van der Waals surface area contributed by atoms with E-state index in [1.165, 1.54) is 11.8 Å². The van der Waals surface area contributed by atoms with Gasteiger partial charge in [-0.3, -0.25) is 4.79 Å². The lowest BCUT2D eigenvalue weighted by molar-refractivity contribution is -0.116. The Morgan fingerprint density at radius 2 is 1.77 bits per heavy atom. The highest BCUT2D eigenvalue weighted by Crippen LogP contribution is 2.20. The third-order valence-electron chi connectivity index (χ3n) is 3.52. The first-order chi connectivity index (χ1) is 10.1. The minimum atomic E-state index is -0.373. The number of carbonyl (C=O) groups is 2. The first-order valence-electron chi connectivity index (χ1n) is 7.18. The van der Waals surface area contributed by atoms with Gasteiger partial charge in [0.1, 0.15) is 0 Å². The summed E-state index contributed by atoms with van der Waals surface area (Å²) in [6.07, 6.45) is 0. The molecule has 1 rings (SSSR count). The molecule has 0 heterocycles. The zero-order valence-corrected chi connectivity index (χ0v) is 13.8. The van der Waals surface area contributed by atoms with Crippen LogP contribution in [0.25, 0.3) is 0 Å². The van der Waals surface area contributed by atoms with Crippen LogP contribution in [-0.2, 0) is 4.79 Å². The van der Waals surface area contributed by atoms with Gasteiger partial charge in [-0.15, -0.1) is 0 Å². The molecule has 0 aromatic heterocycles. The molecule has 1 aromatic carbocycles. The molecule has 122 valence electrons. The van der Waals surface area contributed by atoms with Crippen molar-refractivity contribution in [2.24, 2.45) is 5.41 Å². The Morgan fingerprint density at radius 3 is 2.18 bits per heavy atom. The molecule has 0 aliphatic heterocycles. The molecule has 1 aromatic rings. The zero-order valence-electron chi connectivity index (χ0n) is 13.8. The van der Waals surface area contributed by atoms with E-state index in [1.54, 1.807) is 31.3 Å². The Bertz CT molecular complexity index is 520. The monoisotopic (exact) mass is 307 g/mol. The quantitative estimate of drug-likeness (QED) is 0.797. The predicted molar refractivity (Wildman–Crippen MR) is 88.0 cm³/mol. The fraction of sp³-hybridized carbons (Fsp3) is 0.500. The van der Waals surface area contributed by atoms with Crippen molar-refractivity contribution in [2.75, 3.05) is 23.9 Å². The van der Waals surface area contributed by atoms with Gasteiger partial charge in [0.05, 0.1) is 12.6 Å². The van der Waals surface area contributed by atoms with Crippen LogP contribution in [0.5, 0.6) is 0 Å². The summed E-state index contributed by atoms with van der Waals surface area (Å²) >= 11 is 0. The second-order valence-corrected chi connectivity index (χ2v) is 6.32. The summed E-state index contributed by atoms with van der Waals surface area (Å²) in [4.78, 5) is 24.8. The van der Waals surface area contributed by atoms with Gasteiger partial charge in [0, 0.05) is 25.3 Å². The average Bonchev–Trinajstić information content (AvgIpc) is 2.43. The minimum Gasteiger partial charge on any atom is -0.394 e. The maximum Gasteiger partial charge on any atom is 0.319 e. The lowest BCUT2D eigenvalue weighted by atomic mass is 9.87. The largest absolute Gasteiger partial charge is 0.394 e. The van der Waals surface area contributed by atoms with Crippen molar-refractivity contribution >= 4 is 23.3 Å². The number of carbonyl (C=O) groups excluding carboxylic acids is 2. The number of benzene rings is 1. The van der Waals surface area contributed by atoms with Gasteiger partial charge in [0.2, 0.25) is 5.91 Å². The van der Waals surface area contributed by atoms with E-state index in [-0.39, 0.29) is 30.0 Å². The van der Waals surface area contributed by atoms with Crippen LogP contribution in [0.2, 0.25) is 0 Å². The first kappa shape index (κ1) is 18.0. The molecule has 0 aliphatic carbocycles. The third-order valence-corrected chi connectivity index (χ3v) is 3.52. The van der Waals surface area contributed by atoms with Crippen LogP contribution in [0.15, 0.2) is 24.3 Å². The van der Waals surface area contributed by atoms with Gasteiger partial charge < -0.3 is 20.6 Å². The first-order valence-corrected chi connectivity index (χ1v) is 7.18. The van der Waals surface area contributed by atoms with E-state index >= 15 is 0 Å². The van der Waals surface area contributed by atoms with Gasteiger partial charge in [0.15, 0.2) is 0 Å². The smallest absolute Gasteiger partial charge is 0.319 e. The van der Waals surface area contributed by atoms with E-state index in [1.807, 2.05) is 20.8 Å². The van der Waals surface area contributed by atoms with Crippen LogP contribution in [-0.4, -0.2) is 36.7 Å². The summed E-state index contributed by atoms with van der Waals surface area (Å²) in [5.74, 6) is -0.0607. The van der Waals surface area contributed by atoms with Gasteiger partial charge >= 0.3 is 6.03 Å². The zero-order chi connectivity index (χ0) is 16.9. The number of hydrogen-bond donors (Lipinski definition) is 3. The van der Waals surface area contributed by atoms with Crippen LogP contribution >= 0.6 is 0 Å². The number of hydrogen-bond acceptors (Lipinski definition) is 3. The Balaban J connectivity index is 2.67. The fourth-order valence-corrected chi connectivity index (χ4v) is 1.81. The molecule has 0 radical (unpaired) electrons. The number of nitrogens with zero attached hydrogens (tertiary/aromatic N) is 1. The van der Waals surface area contributed by atoms with Gasteiger partial charge in [-0.05, 0) is 29.7 Å². The number of aliphatic hydroxyl groups is 1. The predicted octanol–water partition coefficient (Wildman–Crippen LogP) is 2.20. The number of amides is 3. The number of nitrogens with one attached hydrogen (secondary N) is 2. The minimum absolute atomic E-state index is 0.0607. The van der Waals surface area contributed by atoms with Gasteiger partial charge in [-0.1, -0.05) is 20.8 Å². The molecule has 0 fully saturated rings. The number of urea groups is 1. The molecule has 0 aliphatic rings. The Morgan fingerprint density at radius 1 is 1.23 bits per heavy atom. The molecule has 0 unspecified atom stereocenters. The van der Waals surface area contributed by atoms with Crippen molar-refractivity contribution in [3.63, 3.8) is 0 Å². The van der Waals surface area contributed by atoms with Gasteiger partial charge in [-0.2, -0.15) is 0 Å². The number of aliphatic hydroxyl groups excluding tert-OH is 1. The SMILES string of the molecule is CC(=O)N(C)c1ccc(NC(=O)N[C@@H](CO)C(C)(C)C)cc1. The molecule has 22 heavy (non-hydrogen) atoms. The number of rotatable bonds is 4. The molecule has 6 nitrogen and oxygen atoms in total. The fourth-order valence-electron chi connectivity index (χ4n) is 1.81. The summed E-state index contributed by atoms with van der Waals surface area (Å²) in [6.45, 7) is 7.20. The van der Waals surface area contributed by atoms with Crippen molar-refractivity contribution in [1.82, 2.24) is 5.32 Å². The maximum absolute atomic E-state index is 12.0. The molecule has 0 bridgehead atoms. The topological polar surface area (TPSA) is 81.7 Å². The molecular formula is C16H25N3O3. The standard InChI is InChI=1S/C16H25N3O3/c1-11(21)19(5)13-8-6-12(7-9-13)17-15(22)18-14(10-20)16(2,3)4/h6-9,14,20H,10H2,1-5H3,(H2,17,18,22)/t14-/m0/s1. The van der Waals surface area contributed by atoms with Crippen molar-refractivity contribution < 1.29 is 14.7 Å². The van der Waals surface area contributed by atoms with E-state index in [4.69, 9.17) is 0 Å². The summed E-state index contributed by atoms with van der Waals surface area (Å²) in [6, 6.07) is 6.24. The molecule has 3 amide bonds. The summed E-state index contributed by atoms with van der Waals surface area (Å²) < 4.78 is 0. The second kappa shape index (κ2) is 7.26. The van der Waals surface area contributed by atoms with Gasteiger partial charge in [-0.25, -0.2) is 4.79 Å². The summed E-state index contributed by atoms with van der Waals surface area (Å²) in [5, 5.41) is 14.8. The van der Waals surface area contributed by atoms with Crippen LogP contribution < -0.4 is 15.5 Å². The molecule has 0 spiro atoms. The Hall–Kier alpha value is -2.08. The van der Waals surface area contributed by atoms with E-state index < -0.39 is 0 Å². The molecule has 1 atom stereocenters. The molecule has 6 heteroatoms. The Labute approximate surface area is 131 Å². The lowest BCUT2D eigenvalue weighted by Gasteiger charge is -2.29. The van der Waals surface area contributed by atoms with Crippen LogP contribution in [0, 0.1) is 5.41 Å². The van der Waals surface area contributed by atoms with Crippen LogP contribution in [0.1, 0.15) is 27.7 Å². The van der Waals surface area contributed by atoms with Gasteiger partial charge in [0.25, 0.3) is 0 Å². The highest BCUT2D eigenvalue weighted by Gasteiger charge is 2.25. The van der Waals surface area contributed by atoms with Crippen molar-refractivity contribution in [3.8, 4) is 0 Å². The molecule has 0 saturated heterocycles. The van der Waals surface area contributed by atoms with Crippen molar-refractivity contribution in [1.29, 1.82) is 0 Å². The van der Waals surface area contributed by atoms with E-state index in [0.717, 1.165) is 5.69 Å². The van der Waals surface area contributed by atoms with Crippen LogP contribution in [0.3, 0.4) is 0 Å². The summed E-state index contributed by atoms with van der Waals surface area (Å²) in [7, 11) is 1.69. The van der Waals surface area contributed by atoms with Crippen molar-refractivity contribution in [3.05, 3.63) is 24.3 Å². The molecule has 0 saturated carbocycles. The van der Waals surface area contributed by atoms with Crippen molar-refractivity contribution in [2.45, 2.75) is 33.7 Å². The van der Waals surface area contributed by atoms with E-state index in [0.29, 0.717) is 5.69 Å². The lowest BCUT2D eigenvalue weighted by Crippen LogP contribution is -2.47. The highest BCUT2D eigenvalue weighted by atomic mass is 16.3. The summed E-state index contributed by atoms with van der Waals surface area (Å²) in [5.41, 5.74) is 1.13. The van der Waals surface area contributed by atoms with E-state index in [2.05, 4.69) is 10.6 Å². The molecular weight excluding hydrogens is 282 g/mol. The van der Waals surface area contributed by atoms with Crippen LogP contribution in [0.4, 0.5) is 16.2 Å². The maximum atomic E-state index is 12.0. The van der Waals surface area contributed by atoms with E-state index in [9.17, 15) is 14.7 Å². The molecule has 3 N–H and O–H groups in total. The normalized spacial score (nSPS) is 12.5. The Kier molecular flexibility index (Phi) is 5.93. The third kappa shape index (κ3) is 5.04. The number of anilines is 2. The second-order valence-electron chi connectivity index (χ2n) is 6.32. The highest BCUT2D eigenvalue weighted by molar-refractivity contribution is 5.92. The average molecular weight is 307 g/mol.